The van der Waals surface area contributed by atoms with Crippen LogP contribution < -0.4 is 15.5 Å². The van der Waals surface area contributed by atoms with Gasteiger partial charge in [0.15, 0.2) is 5.11 Å². The number of nitrogens with one attached hydrogen (secondary N) is 2. The van der Waals surface area contributed by atoms with Crippen molar-refractivity contribution in [2.45, 2.75) is 46.0 Å². The van der Waals surface area contributed by atoms with E-state index in [-0.39, 0.29) is 5.91 Å². The number of hydrogen-bond acceptors (Lipinski definition) is 3. The molecule has 0 aromatic heterocycles. The molecule has 6 heteroatoms. The van der Waals surface area contributed by atoms with Gasteiger partial charge in [-0.25, -0.2) is 0 Å². The maximum atomic E-state index is 11.9. The van der Waals surface area contributed by atoms with Gasteiger partial charge in [0.05, 0.1) is 0 Å². The summed E-state index contributed by atoms with van der Waals surface area (Å²) in [6.07, 6.45) is 5.36. The highest BCUT2D eigenvalue weighted by Gasteiger charge is 2.23. The number of carbonyl (C=O) groups is 1. The molecule has 1 amide bonds. The van der Waals surface area contributed by atoms with Crippen LogP contribution in [-0.4, -0.2) is 48.6 Å². The molecule has 1 aromatic rings. The minimum absolute atomic E-state index is 0.221. The molecule has 2 heterocycles. The lowest BCUT2D eigenvalue weighted by molar-refractivity contribution is -0.117. The van der Waals surface area contributed by atoms with Crippen molar-refractivity contribution in [2.24, 2.45) is 5.92 Å². The van der Waals surface area contributed by atoms with E-state index in [1.807, 2.05) is 24.0 Å². The third kappa shape index (κ3) is 5.66. The van der Waals surface area contributed by atoms with Gasteiger partial charge in [-0.15, -0.1) is 0 Å². The van der Waals surface area contributed by atoms with Crippen LogP contribution in [0.5, 0.6) is 0 Å². The number of benzene rings is 1. The van der Waals surface area contributed by atoms with E-state index in [2.05, 4.69) is 28.5 Å². The van der Waals surface area contributed by atoms with Crippen LogP contribution >= 0.6 is 12.2 Å². The van der Waals surface area contributed by atoms with E-state index < -0.39 is 0 Å². The van der Waals surface area contributed by atoms with Crippen molar-refractivity contribution >= 4 is 34.6 Å². The van der Waals surface area contributed by atoms with Gasteiger partial charge in [0.25, 0.3) is 0 Å². The molecular formula is C21H32N4OS. The highest BCUT2D eigenvalue weighted by atomic mass is 32.1. The maximum absolute atomic E-state index is 11.9. The summed E-state index contributed by atoms with van der Waals surface area (Å²) in [4.78, 5) is 16.4. The van der Waals surface area contributed by atoms with Crippen molar-refractivity contribution < 1.29 is 4.79 Å². The van der Waals surface area contributed by atoms with Crippen LogP contribution in [-0.2, 0) is 4.79 Å². The summed E-state index contributed by atoms with van der Waals surface area (Å²) in [6.45, 7) is 9.70. The van der Waals surface area contributed by atoms with Gasteiger partial charge < -0.3 is 20.4 Å². The Hall–Kier alpha value is -1.66. The Bertz CT molecular complexity index is 670. The largest absolute Gasteiger partial charge is 0.362 e. The van der Waals surface area contributed by atoms with Crippen molar-refractivity contribution in [3.63, 3.8) is 0 Å². The predicted octanol–water partition coefficient (Wildman–Crippen LogP) is 3.53. The third-order valence-corrected chi connectivity index (χ3v) is 5.88. The lowest BCUT2D eigenvalue weighted by atomic mass is 9.99. The number of anilines is 2. The van der Waals surface area contributed by atoms with E-state index in [4.69, 9.17) is 12.2 Å². The molecule has 5 nitrogen and oxygen atoms in total. The van der Waals surface area contributed by atoms with Crippen molar-refractivity contribution in [3.8, 4) is 0 Å². The molecule has 2 N–H and O–H groups in total. The summed E-state index contributed by atoms with van der Waals surface area (Å²) in [7, 11) is 0. The average Bonchev–Trinajstić information content (AvgIpc) is 3.06. The minimum Gasteiger partial charge on any atom is -0.362 e. The van der Waals surface area contributed by atoms with Crippen molar-refractivity contribution in [2.75, 3.05) is 42.9 Å². The van der Waals surface area contributed by atoms with Gasteiger partial charge in [-0.2, -0.15) is 0 Å². The fourth-order valence-electron chi connectivity index (χ4n) is 3.90. The van der Waals surface area contributed by atoms with Crippen LogP contribution in [0.15, 0.2) is 18.2 Å². The summed E-state index contributed by atoms with van der Waals surface area (Å²) < 4.78 is 0. The second kappa shape index (κ2) is 9.51. The Morgan fingerprint density at radius 3 is 2.70 bits per heavy atom. The Labute approximate surface area is 168 Å². The van der Waals surface area contributed by atoms with E-state index in [9.17, 15) is 4.79 Å². The third-order valence-electron chi connectivity index (χ3n) is 5.63. The first-order valence-electron chi connectivity index (χ1n) is 10.2. The highest BCUT2D eigenvalue weighted by Crippen LogP contribution is 2.27. The molecule has 2 saturated heterocycles. The van der Waals surface area contributed by atoms with Crippen LogP contribution in [0, 0.1) is 12.8 Å². The standard InChI is InChI=1S/C21H32N4OS/c1-16-8-13-24(14-9-16)11-4-10-22-21(27)23-18-6-7-19(17(2)15-18)25-12-3-5-20(25)26/h6-7,15-16H,3-5,8-14H2,1-2H3,(H2,22,23,27). The van der Waals surface area contributed by atoms with E-state index in [0.29, 0.717) is 11.5 Å². The zero-order valence-electron chi connectivity index (χ0n) is 16.6. The number of carbonyl (C=O) groups excluding carboxylic acids is 1. The molecule has 0 unspecified atom stereocenters. The molecule has 2 fully saturated rings. The first-order chi connectivity index (χ1) is 13.0. The molecule has 0 radical (unpaired) electrons. The second-order valence-corrected chi connectivity index (χ2v) is 8.32. The van der Waals surface area contributed by atoms with E-state index in [0.717, 1.165) is 55.3 Å². The number of aryl methyl sites for hydroxylation is 1. The van der Waals surface area contributed by atoms with Crippen LogP contribution in [0.3, 0.4) is 0 Å². The van der Waals surface area contributed by atoms with Gasteiger partial charge in [0, 0.05) is 30.9 Å². The molecule has 1 aromatic carbocycles. The van der Waals surface area contributed by atoms with Crippen LogP contribution in [0.1, 0.15) is 44.6 Å². The molecule has 27 heavy (non-hydrogen) atoms. The van der Waals surface area contributed by atoms with Gasteiger partial charge in [-0.3, -0.25) is 4.79 Å². The number of rotatable bonds is 6. The number of hydrogen-bond donors (Lipinski definition) is 2. The SMILES string of the molecule is Cc1cc(NC(=S)NCCCN2CCC(C)CC2)ccc1N1CCCC1=O. The maximum Gasteiger partial charge on any atom is 0.227 e. The summed E-state index contributed by atoms with van der Waals surface area (Å²) >= 11 is 5.42. The normalized spacial score (nSPS) is 18.7. The van der Waals surface area contributed by atoms with Gasteiger partial charge in [-0.1, -0.05) is 6.92 Å². The Balaban J connectivity index is 1.40. The topological polar surface area (TPSA) is 47.6 Å². The first-order valence-corrected chi connectivity index (χ1v) is 10.6. The first kappa shape index (κ1) is 20.1. The molecule has 0 bridgehead atoms. The molecule has 0 saturated carbocycles. The molecule has 0 aliphatic carbocycles. The zero-order valence-corrected chi connectivity index (χ0v) is 17.4. The van der Waals surface area contributed by atoms with Crippen LogP contribution in [0.4, 0.5) is 11.4 Å². The number of likely N-dealkylation sites (tertiary alicyclic amines) is 1. The number of nitrogens with zero attached hydrogens (tertiary/aromatic N) is 2. The van der Waals surface area contributed by atoms with Crippen LogP contribution in [0.25, 0.3) is 0 Å². The second-order valence-electron chi connectivity index (χ2n) is 7.91. The molecule has 3 rings (SSSR count). The van der Waals surface area contributed by atoms with E-state index >= 15 is 0 Å². The van der Waals surface area contributed by atoms with Gasteiger partial charge >= 0.3 is 0 Å². The Kier molecular flexibility index (Phi) is 7.07. The van der Waals surface area contributed by atoms with Gasteiger partial charge in [0.2, 0.25) is 5.91 Å². The smallest absolute Gasteiger partial charge is 0.227 e. The van der Waals surface area contributed by atoms with Crippen LogP contribution in [0.2, 0.25) is 0 Å². The minimum atomic E-state index is 0.221. The Morgan fingerprint density at radius 1 is 1.26 bits per heavy atom. The molecule has 2 aliphatic heterocycles. The number of thiocarbonyl (C=S) groups is 1. The molecule has 2 aliphatic rings. The van der Waals surface area contributed by atoms with Crippen molar-refractivity contribution in [3.05, 3.63) is 23.8 Å². The lowest BCUT2D eigenvalue weighted by Crippen LogP contribution is -2.36. The van der Waals surface area contributed by atoms with Crippen molar-refractivity contribution in [1.82, 2.24) is 10.2 Å². The van der Waals surface area contributed by atoms with E-state index in [1.54, 1.807) is 0 Å². The highest BCUT2D eigenvalue weighted by molar-refractivity contribution is 7.80. The monoisotopic (exact) mass is 388 g/mol. The molecule has 148 valence electrons. The lowest BCUT2D eigenvalue weighted by Gasteiger charge is -2.30. The summed E-state index contributed by atoms with van der Waals surface area (Å²) in [6, 6.07) is 6.07. The predicted molar refractivity (Wildman–Crippen MR) is 116 cm³/mol. The van der Waals surface area contributed by atoms with E-state index in [1.165, 1.54) is 25.9 Å². The summed E-state index contributed by atoms with van der Waals surface area (Å²) in [5.41, 5.74) is 3.07. The number of amides is 1. The van der Waals surface area contributed by atoms with Gasteiger partial charge in [-0.05, 0) is 94.1 Å². The quantitative estimate of drug-likeness (QED) is 0.577. The Morgan fingerprint density at radius 2 is 2.04 bits per heavy atom. The summed E-state index contributed by atoms with van der Waals surface area (Å²) in [5.74, 6) is 1.11. The zero-order chi connectivity index (χ0) is 19.2. The average molecular weight is 389 g/mol. The molecular weight excluding hydrogens is 356 g/mol. The fourth-order valence-corrected chi connectivity index (χ4v) is 4.12. The summed E-state index contributed by atoms with van der Waals surface area (Å²) in [5, 5.41) is 7.22. The van der Waals surface area contributed by atoms with Gasteiger partial charge in [0.1, 0.15) is 0 Å². The number of piperidine rings is 1. The fraction of sp³-hybridized carbons (Fsp3) is 0.619. The molecule has 0 spiro atoms. The molecule has 0 atom stereocenters. The van der Waals surface area contributed by atoms with Crippen molar-refractivity contribution in [1.29, 1.82) is 0 Å².